The number of nitrogens with zero attached hydrogens (tertiary/aromatic N) is 1. The molecule has 1 saturated heterocycles. The Morgan fingerprint density at radius 3 is 2.85 bits per heavy atom. The van der Waals surface area contributed by atoms with Gasteiger partial charge in [-0.15, -0.1) is 0 Å². The Hall–Kier alpha value is -1.38. The summed E-state index contributed by atoms with van der Waals surface area (Å²) < 4.78 is 4.88. The number of carbonyl (C=O) groups excluding carboxylic acids is 1. The van der Waals surface area contributed by atoms with Gasteiger partial charge in [0.15, 0.2) is 0 Å². The van der Waals surface area contributed by atoms with E-state index in [0.717, 1.165) is 6.42 Å². The lowest BCUT2D eigenvalue weighted by Crippen LogP contribution is -2.19. The van der Waals surface area contributed by atoms with Gasteiger partial charge in [-0.25, -0.2) is 0 Å². The van der Waals surface area contributed by atoms with Crippen molar-refractivity contribution in [2.24, 2.45) is 0 Å². The lowest BCUT2D eigenvalue weighted by atomic mass is 9.92. The molecule has 2 rings (SSSR count). The van der Waals surface area contributed by atoms with Crippen LogP contribution >= 0.6 is 0 Å². The van der Waals surface area contributed by atoms with Crippen LogP contribution in [0.1, 0.15) is 24.3 Å². The third kappa shape index (κ3) is 1.86. The van der Waals surface area contributed by atoms with Gasteiger partial charge in [0.25, 0.3) is 0 Å². The monoisotopic (exact) mass is 177 g/mol. The van der Waals surface area contributed by atoms with Gasteiger partial charge >= 0.3 is 5.97 Å². The normalized spacial score (nSPS) is 22.5. The van der Waals surface area contributed by atoms with E-state index in [-0.39, 0.29) is 5.97 Å². The molecule has 1 aromatic rings. The Morgan fingerprint density at radius 2 is 2.15 bits per heavy atom. The first-order valence-electron chi connectivity index (χ1n) is 4.42. The van der Waals surface area contributed by atoms with E-state index in [1.165, 1.54) is 5.56 Å². The molecule has 0 amide bonds. The molecule has 0 saturated carbocycles. The molecule has 1 aliphatic heterocycles. The highest BCUT2D eigenvalue weighted by Gasteiger charge is 2.21. The maximum atomic E-state index is 11.0. The second kappa shape index (κ2) is 3.56. The van der Waals surface area contributed by atoms with Gasteiger partial charge < -0.3 is 4.74 Å². The third-order valence-electron chi connectivity index (χ3n) is 2.32. The first-order valence-corrected chi connectivity index (χ1v) is 4.42. The predicted octanol–water partition coefficient (Wildman–Crippen LogP) is 1.50. The molecule has 1 aromatic heterocycles. The number of esters is 1. The van der Waals surface area contributed by atoms with Crippen molar-refractivity contribution in [2.45, 2.75) is 18.8 Å². The van der Waals surface area contributed by atoms with Gasteiger partial charge in [-0.3, -0.25) is 9.78 Å². The molecular weight excluding hydrogens is 166 g/mol. The summed E-state index contributed by atoms with van der Waals surface area (Å²) in [6.45, 7) is 0.547. The van der Waals surface area contributed by atoms with Gasteiger partial charge in [0.2, 0.25) is 0 Å². The molecule has 1 unspecified atom stereocenters. The average Bonchev–Trinajstić information content (AvgIpc) is 2.19. The molecule has 68 valence electrons. The zero-order chi connectivity index (χ0) is 9.10. The summed E-state index contributed by atoms with van der Waals surface area (Å²) in [6, 6.07) is 3.92. The van der Waals surface area contributed by atoms with Gasteiger partial charge in [-0.05, 0) is 30.0 Å². The second-order valence-corrected chi connectivity index (χ2v) is 3.19. The molecule has 0 aromatic carbocycles. The van der Waals surface area contributed by atoms with E-state index in [2.05, 4.69) is 4.98 Å². The molecule has 0 N–H and O–H groups in total. The van der Waals surface area contributed by atoms with Crippen molar-refractivity contribution < 1.29 is 9.53 Å². The summed E-state index contributed by atoms with van der Waals surface area (Å²) in [6.07, 6.45) is 4.95. The molecule has 0 bridgehead atoms. The van der Waals surface area contributed by atoms with E-state index in [4.69, 9.17) is 4.74 Å². The highest BCUT2D eigenvalue weighted by atomic mass is 16.5. The van der Waals surface area contributed by atoms with Gasteiger partial charge in [-0.1, -0.05) is 0 Å². The van der Waals surface area contributed by atoms with E-state index in [0.29, 0.717) is 18.9 Å². The van der Waals surface area contributed by atoms with Crippen molar-refractivity contribution in [2.75, 3.05) is 6.61 Å². The zero-order valence-electron chi connectivity index (χ0n) is 7.27. The zero-order valence-corrected chi connectivity index (χ0v) is 7.27. The van der Waals surface area contributed by atoms with Crippen molar-refractivity contribution in [3.63, 3.8) is 0 Å². The van der Waals surface area contributed by atoms with E-state index >= 15 is 0 Å². The molecule has 3 nitrogen and oxygen atoms in total. The van der Waals surface area contributed by atoms with Gasteiger partial charge in [0.05, 0.1) is 13.0 Å². The summed E-state index contributed by atoms with van der Waals surface area (Å²) in [4.78, 5) is 15.0. The topological polar surface area (TPSA) is 39.2 Å². The number of hydrogen-bond donors (Lipinski definition) is 0. The van der Waals surface area contributed by atoms with Gasteiger partial charge in [0.1, 0.15) is 0 Å². The molecule has 0 spiro atoms. The lowest BCUT2D eigenvalue weighted by Gasteiger charge is -2.21. The van der Waals surface area contributed by atoms with Crippen LogP contribution in [0.5, 0.6) is 0 Å². The molecule has 0 aliphatic carbocycles. The molecule has 3 heteroatoms. The van der Waals surface area contributed by atoms with Crippen molar-refractivity contribution in [3.05, 3.63) is 30.1 Å². The fourth-order valence-corrected chi connectivity index (χ4v) is 1.60. The van der Waals surface area contributed by atoms with Crippen LogP contribution < -0.4 is 0 Å². The average molecular weight is 177 g/mol. The maximum Gasteiger partial charge on any atom is 0.306 e. The van der Waals surface area contributed by atoms with Crippen LogP contribution in [0.15, 0.2) is 24.5 Å². The summed E-state index contributed by atoms with van der Waals surface area (Å²) in [5, 5.41) is 0. The predicted molar refractivity (Wildman–Crippen MR) is 47.2 cm³/mol. The van der Waals surface area contributed by atoms with Crippen LogP contribution in [0.3, 0.4) is 0 Å². The highest BCUT2D eigenvalue weighted by molar-refractivity contribution is 5.71. The highest BCUT2D eigenvalue weighted by Crippen LogP contribution is 2.26. The van der Waals surface area contributed by atoms with Crippen molar-refractivity contribution in [1.82, 2.24) is 4.98 Å². The summed E-state index contributed by atoms with van der Waals surface area (Å²) in [5.74, 6) is 0.234. The number of cyclic esters (lactones) is 1. The molecule has 2 heterocycles. The van der Waals surface area contributed by atoms with Crippen LogP contribution in [0.4, 0.5) is 0 Å². The van der Waals surface area contributed by atoms with Crippen LogP contribution in [0, 0.1) is 0 Å². The molecule has 13 heavy (non-hydrogen) atoms. The van der Waals surface area contributed by atoms with Crippen LogP contribution in [0.25, 0.3) is 0 Å². The standard InChI is InChI=1S/C10H11NO2/c12-10-7-9(3-6-13-10)8-1-4-11-5-2-8/h1-2,4-5,9H,3,6-7H2. The quantitative estimate of drug-likeness (QED) is 0.610. The largest absolute Gasteiger partial charge is 0.466 e. The Kier molecular flexibility index (Phi) is 2.25. The minimum absolute atomic E-state index is 0.0898. The van der Waals surface area contributed by atoms with Crippen LogP contribution in [-0.2, 0) is 9.53 Å². The number of rotatable bonds is 1. The Balaban J connectivity index is 2.13. The smallest absolute Gasteiger partial charge is 0.306 e. The van der Waals surface area contributed by atoms with E-state index < -0.39 is 0 Å². The minimum atomic E-state index is -0.0898. The van der Waals surface area contributed by atoms with E-state index in [9.17, 15) is 4.79 Å². The minimum Gasteiger partial charge on any atom is -0.466 e. The van der Waals surface area contributed by atoms with Crippen molar-refractivity contribution in [3.8, 4) is 0 Å². The fourth-order valence-electron chi connectivity index (χ4n) is 1.60. The molecule has 1 aliphatic rings. The fraction of sp³-hybridized carbons (Fsp3) is 0.400. The van der Waals surface area contributed by atoms with Crippen molar-refractivity contribution in [1.29, 1.82) is 0 Å². The van der Waals surface area contributed by atoms with Crippen LogP contribution in [0.2, 0.25) is 0 Å². The SMILES string of the molecule is O=C1CC(c2ccncc2)CCO1. The van der Waals surface area contributed by atoms with E-state index in [1.807, 2.05) is 12.1 Å². The lowest BCUT2D eigenvalue weighted by molar-refractivity contribution is -0.147. The molecule has 0 radical (unpaired) electrons. The Morgan fingerprint density at radius 1 is 1.38 bits per heavy atom. The number of carbonyl (C=O) groups is 1. The molecule has 1 atom stereocenters. The molecular formula is C10H11NO2. The first-order chi connectivity index (χ1) is 6.36. The number of pyridine rings is 1. The maximum absolute atomic E-state index is 11.0. The van der Waals surface area contributed by atoms with Gasteiger partial charge in [0, 0.05) is 12.4 Å². The second-order valence-electron chi connectivity index (χ2n) is 3.19. The van der Waals surface area contributed by atoms with Crippen LogP contribution in [-0.4, -0.2) is 17.6 Å². The Labute approximate surface area is 76.7 Å². The number of aromatic nitrogens is 1. The summed E-state index contributed by atoms with van der Waals surface area (Å²) in [7, 11) is 0. The Bertz CT molecular complexity index is 297. The first kappa shape index (κ1) is 8.23. The number of ether oxygens (including phenoxy) is 1. The van der Waals surface area contributed by atoms with Gasteiger partial charge in [-0.2, -0.15) is 0 Å². The van der Waals surface area contributed by atoms with Crippen molar-refractivity contribution >= 4 is 5.97 Å². The number of hydrogen-bond acceptors (Lipinski definition) is 3. The molecule has 1 fully saturated rings. The third-order valence-corrected chi connectivity index (χ3v) is 2.32. The summed E-state index contributed by atoms with van der Waals surface area (Å²) in [5.41, 5.74) is 1.19. The summed E-state index contributed by atoms with van der Waals surface area (Å²) >= 11 is 0. The van der Waals surface area contributed by atoms with E-state index in [1.54, 1.807) is 12.4 Å².